The van der Waals surface area contributed by atoms with Crippen molar-refractivity contribution in [2.45, 2.75) is 50.8 Å². The molecule has 0 saturated carbocycles. The topological polar surface area (TPSA) is 12.4 Å². The average molecular weight is 597 g/mol. The number of halogens is 2. The Morgan fingerprint density at radius 3 is 2.26 bits per heavy atom. The molecule has 0 spiro atoms. The van der Waals surface area contributed by atoms with Gasteiger partial charge in [0.1, 0.15) is 8.07 Å². The molecule has 1 atom stereocenters. The molecule has 5 heteroatoms. The number of nitrogens with zero attached hydrogens (tertiary/aromatic N) is 1. The first-order valence-electron chi connectivity index (χ1n) is 12.1. The third-order valence-electron chi connectivity index (χ3n) is 7.64. The fraction of sp³-hybridized carbons (Fsp3) is 0.300. The molecule has 2 aromatic carbocycles. The standard InChI is InChI=1S/C20H21.C10H11NSi.2ClH.Zr/c1-4-15-8-10-16(11-9-15)19-7-5-6-17-12-18(14(2)3)13-20(17)19;1-6-9-7-4-5-11-8(7)10(6)12(9,2)3;;;/h5-14H,4H2,1-3H3;4-5H,1-3H3;2*1H;/q;;;;+2/p-2. The van der Waals surface area contributed by atoms with Crippen LogP contribution in [-0.4, -0.2) is 13.8 Å². The van der Waals surface area contributed by atoms with Crippen molar-refractivity contribution in [3.8, 4) is 11.1 Å². The summed E-state index contributed by atoms with van der Waals surface area (Å²) in [5.41, 5.74) is 13.0. The molecule has 7 rings (SSSR count). The summed E-state index contributed by atoms with van der Waals surface area (Å²) in [5, 5.41) is 3.27. The van der Waals surface area contributed by atoms with Gasteiger partial charge in [0.2, 0.25) is 0 Å². The summed E-state index contributed by atoms with van der Waals surface area (Å²) in [6.45, 7) is 13.9. The van der Waals surface area contributed by atoms with Crippen LogP contribution in [0.4, 0.5) is 0 Å². The zero-order valence-electron chi connectivity index (χ0n) is 21.3. The van der Waals surface area contributed by atoms with E-state index in [-0.39, 0.29) is 24.8 Å². The third-order valence-corrected chi connectivity index (χ3v) is 13.0. The zero-order chi connectivity index (χ0) is 23.5. The predicted molar refractivity (Wildman–Crippen MR) is 141 cm³/mol. The number of allylic oxidation sites excluding steroid dienone is 6. The number of benzene rings is 2. The van der Waals surface area contributed by atoms with Crippen LogP contribution in [0.2, 0.25) is 13.1 Å². The Hall–Kier alpha value is -1.25. The van der Waals surface area contributed by atoms with Crippen molar-refractivity contribution in [3.63, 3.8) is 0 Å². The van der Waals surface area contributed by atoms with E-state index in [0.29, 0.717) is 9.54 Å². The predicted octanol–water partition coefficient (Wildman–Crippen LogP) is 1.95. The van der Waals surface area contributed by atoms with Crippen LogP contribution in [-0.2, 0) is 31.1 Å². The molecule has 5 aliphatic rings. The van der Waals surface area contributed by atoms with Gasteiger partial charge in [-0.25, -0.2) is 0 Å². The van der Waals surface area contributed by atoms with Gasteiger partial charge in [-0.3, -0.25) is 4.99 Å². The molecule has 0 aromatic heterocycles. The van der Waals surface area contributed by atoms with E-state index >= 15 is 0 Å². The molecule has 1 nitrogen and oxygen atoms in total. The maximum absolute atomic E-state index is 4.42. The van der Waals surface area contributed by atoms with Crippen molar-refractivity contribution in [2.24, 2.45) is 10.9 Å². The van der Waals surface area contributed by atoms with Crippen molar-refractivity contribution in [2.75, 3.05) is 0 Å². The fourth-order valence-corrected chi connectivity index (χ4v) is 11.5. The molecule has 1 unspecified atom stereocenters. The minimum absolute atomic E-state index is 0. The first-order chi connectivity index (χ1) is 15.8. The maximum Gasteiger partial charge on any atom is -1.00 e. The van der Waals surface area contributed by atoms with Gasteiger partial charge < -0.3 is 24.8 Å². The summed E-state index contributed by atoms with van der Waals surface area (Å²) < 4.78 is 0.641. The number of aliphatic imine (C=N–C) groups is 1. The minimum atomic E-state index is -1.13. The summed E-state index contributed by atoms with van der Waals surface area (Å²) in [6.07, 6.45) is 7.65. The minimum Gasteiger partial charge on any atom is -1.00 e. The van der Waals surface area contributed by atoms with Crippen LogP contribution in [0.25, 0.3) is 17.2 Å². The average Bonchev–Trinajstić information content (AvgIpc) is 3.50. The van der Waals surface area contributed by atoms with Crippen LogP contribution in [0.5, 0.6) is 0 Å². The first-order valence-corrected chi connectivity index (χ1v) is 16.5. The molecule has 0 fully saturated rings. The van der Waals surface area contributed by atoms with E-state index in [2.05, 4.69) is 100 Å². The molecular formula is C30H32Cl2NSiZr. The summed E-state index contributed by atoms with van der Waals surface area (Å²) in [7, 11) is -1.13. The molecule has 0 radical (unpaired) electrons. The van der Waals surface area contributed by atoms with E-state index < -0.39 is 8.07 Å². The van der Waals surface area contributed by atoms with Crippen LogP contribution in [0, 0.1) is 5.92 Å². The number of hydrogen-bond donors (Lipinski definition) is 0. The van der Waals surface area contributed by atoms with Crippen LogP contribution in [0.3, 0.4) is 0 Å². The molecule has 2 aromatic rings. The van der Waals surface area contributed by atoms with Crippen LogP contribution in [0.15, 0.2) is 86.8 Å². The van der Waals surface area contributed by atoms with E-state index in [9.17, 15) is 0 Å². The Bertz CT molecular complexity index is 1310. The van der Waals surface area contributed by atoms with Crippen molar-refractivity contribution >= 4 is 19.9 Å². The number of fused-ring (bicyclic) bond motifs is 1. The van der Waals surface area contributed by atoms with Crippen molar-refractivity contribution < 1.29 is 49.5 Å². The molecule has 3 heterocycles. The van der Waals surface area contributed by atoms with Gasteiger partial charge in [0.15, 0.2) is 0 Å². The smallest absolute Gasteiger partial charge is 1.00 e. The van der Waals surface area contributed by atoms with Crippen molar-refractivity contribution in [3.05, 3.63) is 98.5 Å². The van der Waals surface area contributed by atoms with Gasteiger partial charge in [-0.15, -0.1) is 0 Å². The van der Waals surface area contributed by atoms with Gasteiger partial charge in [-0.2, -0.15) is 0 Å². The van der Waals surface area contributed by atoms with Gasteiger partial charge in [-0.05, 0) is 29.0 Å². The quantitative estimate of drug-likeness (QED) is 0.481. The molecule has 179 valence electrons. The van der Waals surface area contributed by atoms with Crippen LogP contribution >= 0.6 is 0 Å². The molecule has 2 bridgehead atoms. The molecule has 0 N–H and O–H groups in total. The summed E-state index contributed by atoms with van der Waals surface area (Å²) in [5.74, 6) is 0.636. The maximum atomic E-state index is 4.42. The van der Waals surface area contributed by atoms with Crippen LogP contribution < -0.4 is 24.8 Å². The van der Waals surface area contributed by atoms with Gasteiger partial charge in [0.05, 0.1) is 5.71 Å². The Morgan fingerprint density at radius 2 is 1.69 bits per heavy atom. The molecule has 35 heavy (non-hydrogen) atoms. The largest absolute Gasteiger partial charge is 1.00 e. The molecule has 0 saturated heterocycles. The number of hydrogen-bond acceptors (Lipinski definition) is 1. The van der Waals surface area contributed by atoms with Crippen LogP contribution in [0.1, 0.15) is 48.0 Å². The summed E-state index contributed by atoms with van der Waals surface area (Å²) in [4.78, 5) is 4.42. The van der Waals surface area contributed by atoms with E-state index in [0.717, 1.165) is 6.42 Å². The van der Waals surface area contributed by atoms with E-state index in [1.165, 1.54) is 44.7 Å². The monoisotopic (exact) mass is 594 g/mol. The van der Waals surface area contributed by atoms with Crippen molar-refractivity contribution in [1.82, 2.24) is 0 Å². The zero-order valence-corrected chi connectivity index (χ0v) is 26.3. The van der Waals surface area contributed by atoms with E-state index in [1.54, 1.807) is 40.7 Å². The van der Waals surface area contributed by atoms with Gasteiger partial charge >= 0.3 is 143 Å². The van der Waals surface area contributed by atoms with Gasteiger partial charge in [0.25, 0.3) is 0 Å². The molecule has 2 aliphatic carbocycles. The second-order valence-corrected chi connectivity index (χ2v) is 16.0. The third kappa shape index (κ3) is 4.52. The Labute approximate surface area is 239 Å². The Kier molecular flexibility index (Phi) is 8.60. The second-order valence-electron chi connectivity index (χ2n) is 10.3. The number of rotatable bonds is 3. The second kappa shape index (κ2) is 10.6. The molecule has 3 aliphatic heterocycles. The van der Waals surface area contributed by atoms with E-state index in [1.807, 2.05) is 6.20 Å². The fourth-order valence-electron chi connectivity index (χ4n) is 5.97. The molecular weight excluding hydrogens is 565 g/mol. The first kappa shape index (κ1) is 28.3. The molecule has 0 amide bonds. The summed E-state index contributed by atoms with van der Waals surface area (Å²) in [6, 6.07) is 15.8. The van der Waals surface area contributed by atoms with Gasteiger partial charge in [0, 0.05) is 11.8 Å². The normalized spacial score (nSPS) is 19.7. The van der Waals surface area contributed by atoms with E-state index in [4.69, 9.17) is 0 Å². The Morgan fingerprint density at radius 1 is 1.00 bits per heavy atom. The summed E-state index contributed by atoms with van der Waals surface area (Å²) >= 11 is 1.60. The SMILES string of the molecule is CC1=C2C3=NC=CC3=C1[Si]2(C)C.CCc1ccc(-c2cccc3c2C=C(C(C)C)[CH]3[Zr+2])cc1.[Cl-].[Cl-]. The Balaban J connectivity index is 0.000000208. The van der Waals surface area contributed by atoms with Crippen molar-refractivity contribution in [1.29, 1.82) is 0 Å². The van der Waals surface area contributed by atoms with Gasteiger partial charge in [-0.1, -0.05) is 13.1 Å². The number of aryl methyl sites for hydroxylation is 1.